The first-order valence-electron chi connectivity index (χ1n) is 5.44. The highest BCUT2D eigenvalue weighted by molar-refractivity contribution is 5.92. The fraction of sp³-hybridized carbons (Fsp3) is 0.417. The second-order valence-electron chi connectivity index (χ2n) is 4.22. The fourth-order valence-electron chi connectivity index (χ4n) is 1.54. The van der Waals surface area contributed by atoms with Gasteiger partial charge in [0.05, 0.1) is 6.54 Å². The second kappa shape index (κ2) is 4.61. The number of hydrogen-bond donors (Lipinski definition) is 2. The highest BCUT2D eigenvalue weighted by Gasteiger charge is 2.21. The summed E-state index contributed by atoms with van der Waals surface area (Å²) < 4.78 is 13.0. The minimum atomic E-state index is -0.328. The Balaban J connectivity index is 1.88. The predicted octanol–water partition coefficient (Wildman–Crippen LogP) is 1.82. The lowest BCUT2D eigenvalue weighted by molar-refractivity contribution is -0.115. The van der Waals surface area contributed by atoms with Crippen LogP contribution in [0.5, 0.6) is 0 Å². The molecule has 1 amide bonds. The van der Waals surface area contributed by atoms with E-state index >= 15 is 0 Å². The van der Waals surface area contributed by atoms with Gasteiger partial charge in [0.15, 0.2) is 0 Å². The predicted molar refractivity (Wildman–Crippen MR) is 60.8 cm³/mol. The molecular weight excluding hydrogens is 207 g/mol. The van der Waals surface area contributed by atoms with Crippen molar-refractivity contribution in [2.24, 2.45) is 0 Å². The summed E-state index contributed by atoms with van der Waals surface area (Å²) >= 11 is 0. The molecule has 86 valence electrons. The molecule has 1 aliphatic carbocycles. The van der Waals surface area contributed by atoms with E-state index in [0.717, 1.165) is 18.4 Å². The molecule has 16 heavy (non-hydrogen) atoms. The molecule has 0 bridgehead atoms. The van der Waals surface area contributed by atoms with Crippen molar-refractivity contribution in [3.8, 4) is 0 Å². The molecule has 0 aromatic heterocycles. The second-order valence-corrected chi connectivity index (χ2v) is 4.22. The summed E-state index contributed by atoms with van der Waals surface area (Å²) in [5.41, 5.74) is 1.31. The first-order chi connectivity index (χ1) is 7.63. The minimum absolute atomic E-state index is 0.128. The first-order valence-corrected chi connectivity index (χ1v) is 5.44. The number of halogens is 1. The zero-order valence-corrected chi connectivity index (χ0v) is 9.22. The van der Waals surface area contributed by atoms with Crippen LogP contribution >= 0.6 is 0 Å². The summed E-state index contributed by atoms with van der Waals surface area (Å²) in [5.74, 6) is -0.456. The maximum Gasteiger partial charge on any atom is 0.238 e. The summed E-state index contributed by atoms with van der Waals surface area (Å²) in [6, 6.07) is 5.00. The molecule has 3 nitrogen and oxygen atoms in total. The van der Waals surface area contributed by atoms with Crippen LogP contribution in [0, 0.1) is 12.7 Å². The Morgan fingerprint density at radius 3 is 2.81 bits per heavy atom. The number of rotatable bonds is 4. The van der Waals surface area contributed by atoms with Gasteiger partial charge in [0.25, 0.3) is 0 Å². The minimum Gasteiger partial charge on any atom is -0.325 e. The van der Waals surface area contributed by atoms with Crippen molar-refractivity contribution in [2.75, 3.05) is 11.9 Å². The van der Waals surface area contributed by atoms with E-state index in [-0.39, 0.29) is 11.7 Å². The third-order valence-corrected chi connectivity index (χ3v) is 2.45. The molecule has 0 heterocycles. The van der Waals surface area contributed by atoms with Gasteiger partial charge in [-0.2, -0.15) is 0 Å². The van der Waals surface area contributed by atoms with Gasteiger partial charge in [-0.3, -0.25) is 4.79 Å². The van der Waals surface area contributed by atoms with Gasteiger partial charge in [-0.15, -0.1) is 0 Å². The quantitative estimate of drug-likeness (QED) is 0.816. The topological polar surface area (TPSA) is 41.1 Å². The van der Waals surface area contributed by atoms with E-state index < -0.39 is 0 Å². The lowest BCUT2D eigenvalue weighted by Crippen LogP contribution is -2.29. The van der Waals surface area contributed by atoms with E-state index in [9.17, 15) is 9.18 Å². The summed E-state index contributed by atoms with van der Waals surface area (Å²) in [5, 5.41) is 5.77. The number of nitrogens with one attached hydrogen (secondary N) is 2. The van der Waals surface area contributed by atoms with Crippen molar-refractivity contribution in [2.45, 2.75) is 25.8 Å². The molecule has 1 fully saturated rings. The van der Waals surface area contributed by atoms with Crippen molar-refractivity contribution in [3.05, 3.63) is 29.6 Å². The third kappa shape index (κ3) is 3.31. The Morgan fingerprint density at radius 1 is 1.44 bits per heavy atom. The standard InChI is InChI=1S/C12H15FN2O/c1-8-4-9(13)6-11(5-8)15-12(16)7-14-10-2-3-10/h4-6,10,14H,2-3,7H2,1H3,(H,15,16). The van der Waals surface area contributed by atoms with Gasteiger partial charge in [-0.1, -0.05) is 0 Å². The summed E-state index contributed by atoms with van der Waals surface area (Å²) in [6.07, 6.45) is 2.29. The normalized spacial score (nSPS) is 14.9. The van der Waals surface area contributed by atoms with Crippen LogP contribution < -0.4 is 10.6 Å². The zero-order valence-electron chi connectivity index (χ0n) is 9.22. The third-order valence-electron chi connectivity index (χ3n) is 2.45. The van der Waals surface area contributed by atoms with Gasteiger partial charge in [-0.05, 0) is 43.5 Å². The number of amides is 1. The van der Waals surface area contributed by atoms with Gasteiger partial charge in [0.2, 0.25) is 5.91 Å². The Kier molecular flexibility index (Phi) is 3.19. The Labute approximate surface area is 94.0 Å². The summed E-state index contributed by atoms with van der Waals surface area (Å²) in [6.45, 7) is 2.08. The van der Waals surface area contributed by atoms with E-state index in [1.165, 1.54) is 12.1 Å². The highest BCUT2D eigenvalue weighted by Crippen LogP contribution is 2.18. The van der Waals surface area contributed by atoms with E-state index in [1.807, 2.05) is 0 Å². The molecule has 4 heteroatoms. The highest BCUT2D eigenvalue weighted by atomic mass is 19.1. The SMILES string of the molecule is Cc1cc(F)cc(NC(=O)CNC2CC2)c1. The van der Waals surface area contributed by atoms with Gasteiger partial charge in [0, 0.05) is 11.7 Å². The van der Waals surface area contributed by atoms with Crippen LogP contribution in [0.2, 0.25) is 0 Å². The number of carbonyl (C=O) groups excluding carboxylic acids is 1. The molecule has 1 saturated carbocycles. The molecule has 0 saturated heterocycles. The van der Waals surface area contributed by atoms with Crippen LogP contribution in [0.1, 0.15) is 18.4 Å². The molecule has 1 aromatic carbocycles. The zero-order chi connectivity index (χ0) is 11.5. The molecule has 0 atom stereocenters. The molecule has 0 unspecified atom stereocenters. The average molecular weight is 222 g/mol. The fourth-order valence-corrected chi connectivity index (χ4v) is 1.54. The molecule has 1 aliphatic rings. The van der Waals surface area contributed by atoms with Crippen LogP contribution in [-0.4, -0.2) is 18.5 Å². The van der Waals surface area contributed by atoms with Crippen LogP contribution in [0.4, 0.5) is 10.1 Å². The largest absolute Gasteiger partial charge is 0.325 e. The van der Waals surface area contributed by atoms with E-state index in [0.29, 0.717) is 18.3 Å². The van der Waals surface area contributed by atoms with Crippen molar-refractivity contribution in [1.82, 2.24) is 5.32 Å². The van der Waals surface area contributed by atoms with Gasteiger partial charge in [0.1, 0.15) is 5.82 Å². The van der Waals surface area contributed by atoms with E-state index in [4.69, 9.17) is 0 Å². The van der Waals surface area contributed by atoms with Crippen LogP contribution in [-0.2, 0) is 4.79 Å². The number of carbonyl (C=O) groups is 1. The van der Waals surface area contributed by atoms with Crippen LogP contribution in [0.15, 0.2) is 18.2 Å². The monoisotopic (exact) mass is 222 g/mol. The first kappa shape index (κ1) is 11.1. The van der Waals surface area contributed by atoms with E-state index in [1.54, 1.807) is 13.0 Å². The van der Waals surface area contributed by atoms with Crippen molar-refractivity contribution < 1.29 is 9.18 Å². The molecular formula is C12H15FN2O. The van der Waals surface area contributed by atoms with Crippen molar-refractivity contribution >= 4 is 11.6 Å². The van der Waals surface area contributed by atoms with Crippen LogP contribution in [0.25, 0.3) is 0 Å². The molecule has 0 spiro atoms. The number of anilines is 1. The number of benzene rings is 1. The van der Waals surface area contributed by atoms with Crippen LogP contribution in [0.3, 0.4) is 0 Å². The maximum atomic E-state index is 13.0. The number of aryl methyl sites for hydroxylation is 1. The molecule has 0 radical (unpaired) electrons. The summed E-state index contributed by atoms with van der Waals surface area (Å²) in [4.78, 5) is 11.5. The van der Waals surface area contributed by atoms with Gasteiger partial charge >= 0.3 is 0 Å². The van der Waals surface area contributed by atoms with Crippen molar-refractivity contribution in [1.29, 1.82) is 0 Å². The Hall–Kier alpha value is -1.42. The molecule has 2 N–H and O–H groups in total. The van der Waals surface area contributed by atoms with Crippen molar-refractivity contribution in [3.63, 3.8) is 0 Å². The van der Waals surface area contributed by atoms with E-state index in [2.05, 4.69) is 10.6 Å². The lowest BCUT2D eigenvalue weighted by atomic mass is 10.2. The molecule has 0 aliphatic heterocycles. The molecule has 2 rings (SSSR count). The Bertz CT molecular complexity index is 382. The van der Waals surface area contributed by atoms with Gasteiger partial charge < -0.3 is 10.6 Å². The number of hydrogen-bond acceptors (Lipinski definition) is 2. The lowest BCUT2D eigenvalue weighted by Gasteiger charge is -2.07. The Morgan fingerprint density at radius 2 is 2.19 bits per heavy atom. The summed E-state index contributed by atoms with van der Waals surface area (Å²) in [7, 11) is 0. The molecule has 1 aromatic rings. The average Bonchev–Trinajstić information content (AvgIpc) is 2.96. The maximum absolute atomic E-state index is 13.0. The van der Waals surface area contributed by atoms with Gasteiger partial charge in [-0.25, -0.2) is 4.39 Å². The smallest absolute Gasteiger partial charge is 0.238 e.